The second-order valence-electron chi connectivity index (χ2n) is 30.1. The molecule has 596 valence electrons. The highest BCUT2D eigenvalue weighted by molar-refractivity contribution is 6.16. The van der Waals surface area contributed by atoms with Crippen LogP contribution in [0.25, 0.3) is 110 Å². The number of carbonyl (C=O) groups is 2. The second kappa shape index (κ2) is 45.1. The average molecular weight is 1540 g/mol. The maximum Gasteiger partial charge on any atom is 0.411 e. The maximum atomic E-state index is 12.6. The molecule has 12 aromatic carbocycles. The number of ether oxygens (including phenoxy) is 2. The minimum atomic E-state index is -0.618. The molecule has 6 N–H and O–H groups in total. The summed E-state index contributed by atoms with van der Waals surface area (Å²) in [6, 6.07) is 20.9. The number of carbonyl (C=O) groups excluding carboxylic acids is 2. The summed E-state index contributed by atoms with van der Waals surface area (Å²) in [4.78, 5) is 25.3. The Hall–Kier alpha value is -10.2. The molecule has 114 heavy (non-hydrogen) atoms. The molecule has 0 aliphatic rings. The van der Waals surface area contributed by atoms with Gasteiger partial charge in [-0.2, -0.15) is 0 Å². The van der Waals surface area contributed by atoms with Crippen LogP contribution in [-0.2, 0) is 35.2 Å². The molecule has 0 unspecified atom stereocenters. The van der Waals surface area contributed by atoms with E-state index in [4.69, 9.17) is 31.9 Å². The van der Waals surface area contributed by atoms with E-state index in [0.29, 0.717) is 154 Å². The summed E-state index contributed by atoms with van der Waals surface area (Å²) < 4.78 is 200. The zero-order chi connectivity index (χ0) is 97.1. The predicted molar refractivity (Wildman–Crippen MR) is 492 cm³/mol. The number of unbranched alkanes of at least 4 members (excludes halogenated alkanes) is 22. The summed E-state index contributed by atoms with van der Waals surface area (Å²) in [6.07, 6.45) is 25.9. The first-order valence-electron chi connectivity index (χ1n) is 52.4. The fourth-order valence-electron chi connectivity index (χ4n) is 15.2. The van der Waals surface area contributed by atoms with E-state index in [1.54, 1.807) is 97.1 Å². The summed E-state index contributed by atoms with van der Waals surface area (Å²) in [6.45, 7) is 13.1. The van der Waals surface area contributed by atoms with Crippen LogP contribution in [-0.4, -0.2) is 25.4 Å². The summed E-state index contributed by atoms with van der Waals surface area (Å²) in [5.41, 5.74) is 20.5. The average Bonchev–Trinajstić information content (AvgIpc) is 0.700. The van der Waals surface area contributed by atoms with Gasteiger partial charge < -0.3 is 20.9 Å². The van der Waals surface area contributed by atoms with Crippen LogP contribution in [0, 0.1) is 0 Å². The molecule has 0 radical (unpaired) electrons. The van der Waals surface area contributed by atoms with Gasteiger partial charge in [0.2, 0.25) is 0 Å². The lowest BCUT2D eigenvalue weighted by atomic mass is 9.80. The fraction of sp³-hybridized carbons (Fsp3) is 0.377. The van der Waals surface area contributed by atoms with Crippen molar-refractivity contribution in [2.45, 2.75) is 247 Å². The summed E-state index contributed by atoms with van der Waals surface area (Å²) in [5.74, 6) is 0. The lowest BCUT2D eigenvalue weighted by Crippen LogP contribution is -2.14. The summed E-state index contributed by atoms with van der Waals surface area (Å²) in [5, 5.41) is 6.42. The Morgan fingerprint density at radius 3 is 0.728 bits per heavy atom. The Bertz CT molecular complexity index is 5860. The van der Waals surface area contributed by atoms with Crippen LogP contribution in [0.4, 0.5) is 32.3 Å². The van der Waals surface area contributed by atoms with Crippen molar-refractivity contribution in [2.75, 3.05) is 35.3 Å². The van der Waals surface area contributed by atoms with Crippen molar-refractivity contribution < 1.29 is 46.5 Å². The van der Waals surface area contributed by atoms with Gasteiger partial charge in [-0.3, -0.25) is 10.6 Å². The smallest absolute Gasteiger partial charge is 0.411 e. The van der Waals surface area contributed by atoms with Crippen molar-refractivity contribution in [2.24, 2.45) is 0 Å². The van der Waals surface area contributed by atoms with Gasteiger partial charge >= 0.3 is 12.2 Å². The number of nitrogen functional groups attached to an aromatic ring is 2. The molecule has 12 aromatic rings. The molecule has 2 amide bonds. The number of rotatable bonds is 42. The lowest BCUT2D eigenvalue weighted by Gasteiger charge is -2.23. The van der Waals surface area contributed by atoms with Gasteiger partial charge in [0.25, 0.3) is 0 Å². The van der Waals surface area contributed by atoms with E-state index in [-0.39, 0.29) is 151 Å². The number of benzene rings is 12. The number of hydrogen-bond donors (Lipinski definition) is 4. The van der Waals surface area contributed by atoms with Gasteiger partial charge in [0, 0.05) is 22.7 Å². The Labute approximate surface area is 710 Å². The first kappa shape index (κ1) is 61.3. The largest absolute Gasteiger partial charge is 0.449 e. The molecule has 0 bridgehead atoms. The molecule has 0 aliphatic heterocycles. The van der Waals surface area contributed by atoms with Crippen LogP contribution in [0.1, 0.15) is 271 Å². The van der Waals surface area contributed by atoms with Gasteiger partial charge in [0.15, 0.2) is 0 Å². The number of amides is 2. The van der Waals surface area contributed by atoms with E-state index in [1.807, 2.05) is 13.8 Å². The third-order valence-corrected chi connectivity index (χ3v) is 21.4. The van der Waals surface area contributed by atoms with Crippen molar-refractivity contribution in [3.63, 3.8) is 0 Å². The zero-order valence-electron chi connectivity index (χ0n) is 88.1. The van der Waals surface area contributed by atoms with Crippen molar-refractivity contribution in [1.29, 1.82) is 0 Å². The highest BCUT2D eigenvalue weighted by Gasteiger charge is 2.25. The standard InChI is InChI=1S/C58H72N2O4.C48H56N2/c1-5-9-13-15-17-19-25-45-41-53(43-31-35-47(36-32-43)59-57(61)63-39-11-7-3)49-27-21-23-29-51(49)55(45)56-46(26-20-18-16-14-10-6-2)42-54(50-28-22-24-30-52(50)56)44-33-37-48(38-34-44)60-58(62)64-40-12-8-4;1-3-5-7-9-11-13-19-37-33-45(35-25-29-39(49)30-26-35)41-21-15-17-23-43(41)47(37)48-38(20-14-12-10-8-6-4-2)34-46(36-27-31-40(50)32-28-36)42-22-16-18-24-44(42)48/h21-24,27-38,41-42H,5-20,25-26,39-40H2,1-4H3,(H,59,61)(H,60,62);15-18,21-34H,3-14,19-20,49-50H2,1-2H3/i21D,22D,23D,24D,27D,28D,29D,30D,41D,42D;15D,16D,17D,18D,21D,22D,23D,24D,33D,34D. The SMILES string of the molecule is [2H]c1c([2H])c([2H])c2c(-c3c(CCCCCCCC)c([2H])c(-c4ccc(N)cc4)c4c([2H])c([2H])c([2H])c([2H])c34)c(CCCCCCCC)c([2H])c(-c3ccc(N)cc3)c2c1[2H].[2H]c1c([2H])c([2H])c2c(-c3c(CCCCCCCC)c([2H])c(-c4ccc(NC(=O)OCCCC)cc4)c4c([2H])c([2H])c([2H])c([2H])c34)c(CCCCCCCC)c([2H])c(-c3ccc(NC(=O)OCCCC)cc3)c2c1[2H]. The topological polar surface area (TPSA) is 129 Å². The van der Waals surface area contributed by atoms with E-state index in [9.17, 15) is 26.0 Å². The number of nitrogens with two attached hydrogens (primary N) is 2. The molecular weight excluding hydrogens is 1390 g/mol. The molecule has 0 aliphatic carbocycles. The molecular formula is C106H128N4O4. The second-order valence-corrected chi connectivity index (χ2v) is 30.1. The Balaban J connectivity index is 0.000000263. The first-order valence-corrected chi connectivity index (χ1v) is 42.4. The predicted octanol–water partition coefficient (Wildman–Crippen LogP) is 31.5. The first-order chi connectivity index (χ1) is 64.4. The molecule has 0 saturated heterocycles. The van der Waals surface area contributed by atoms with Crippen LogP contribution in [0.15, 0.2) is 218 Å². The highest BCUT2D eigenvalue weighted by Crippen LogP contribution is 2.49. The van der Waals surface area contributed by atoms with Crippen molar-refractivity contribution >= 4 is 78.0 Å². The van der Waals surface area contributed by atoms with Gasteiger partial charge in [-0.05, 0) is 269 Å². The normalized spacial score (nSPS) is 13.8. The molecule has 8 nitrogen and oxygen atoms in total. The van der Waals surface area contributed by atoms with Gasteiger partial charge in [0.05, 0.1) is 40.6 Å². The molecule has 0 heterocycles. The molecule has 0 spiro atoms. The van der Waals surface area contributed by atoms with E-state index in [0.717, 1.165) is 141 Å². The van der Waals surface area contributed by atoms with E-state index < -0.39 is 60.5 Å². The van der Waals surface area contributed by atoms with Crippen LogP contribution in [0.5, 0.6) is 0 Å². The molecule has 0 saturated carbocycles. The van der Waals surface area contributed by atoms with Crippen molar-refractivity contribution in [3.8, 4) is 66.8 Å². The Morgan fingerprint density at radius 2 is 0.491 bits per heavy atom. The van der Waals surface area contributed by atoms with Crippen LogP contribution in [0.3, 0.4) is 0 Å². The van der Waals surface area contributed by atoms with Crippen LogP contribution < -0.4 is 22.1 Å². The number of fused-ring (bicyclic) bond motifs is 4. The highest BCUT2D eigenvalue weighted by atomic mass is 16.6. The van der Waals surface area contributed by atoms with Gasteiger partial charge in [0.1, 0.15) is 0 Å². The van der Waals surface area contributed by atoms with Gasteiger partial charge in [-0.1, -0.05) is 328 Å². The Morgan fingerprint density at radius 1 is 0.281 bits per heavy atom. The zero-order valence-corrected chi connectivity index (χ0v) is 68.1. The van der Waals surface area contributed by atoms with E-state index >= 15 is 0 Å². The minimum absolute atomic E-state index is 0.00260. The van der Waals surface area contributed by atoms with E-state index in [1.165, 1.54) is 0 Å². The third-order valence-electron chi connectivity index (χ3n) is 21.4. The number of nitrogens with one attached hydrogen (secondary N) is 2. The molecule has 0 fully saturated rings. The fourth-order valence-corrected chi connectivity index (χ4v) is 15.2. The number of anilines is 4. The monoisotopic (exact) mass is 1540 g/mol. The summed E-state index contributed by atoms with van der Waals surface area (Å²) in [7, 11) is 0. The Kier molecular flexibility index (Phi) is 24.2. The molecule has 12 rings (SSSR count). The van der Waals surface area contributed by atoms with Gasteiger partial charge in [-0.15, -0.1) is 0 Å². The van der Waals surface area contributed by atoms with Crippen molar-refractivity contribution in [3.05, 3.63) is 240 Å². The maximum absolute atomic E-state index is 12.6. The van der Waals surface area contributed by atoms with Gasteiger partial charge in [-0.25, -0.2) is 9.59 Å². The quantitative estimate of drug-likeness (QED) is 0.0223. The van der Waals surface area contributed by atoms with Crippen molar-refractivity contribution in [1.82, 2.24) is 0 Å². The lowest BCUT2D eigenvalue weighted by molar-refractivity contribution is 0.159. The summed E-state index contributed by atoms with van der Waals surface area (Å²) >= 11 is 0. The molecule has 8 heteroatoms. The van der Waals surface area contributed by atoms with Crippen LogP contribution in [0.2, 0.25) is 0 Å². The van der Waals surface area contributed by atoms with E-state index in [2.05, 4.69) is 38.3 Å². The third kappa shape index (κ3) is 23.1. The molecule has 0 atom stereocenters. The molecule has 0 aromatic heterocycles. The van der Waals surface area contributed by atoms with Crippen LogP contribution >= 0.6 is 0 Å². The number of hydrogen-bond acceptors (Lipinski definition) is 6. The minimum Gasteiger partial charge on any atom is -0.449 e.